The van der Waals surface area contributed by atoms with E-state index < -0.39 is 6.17 Å². The van der Waals surface area contributed by atoms with Crippen LogP contribution in [0.1, 0.15) is 69.1 Å². The zero-order chi connectivity index (χ0) is 19.0. The van der Waals surface area contributed by atoms with Crippen LogP contribution in [0, 0.1) is 5.92 Å². The zero-order valence-electron chi connectivity index (χ0n) is 16.0. The van der Waals surface area contributed by atoms with Gasteiger partial charge in [0.1, 0.15) is 6.17 Å². The molecule has 1 aromatic rings. The minimum Gasteiger partial charge on any atom is -0.341 e. The van der Waals surface area contributed by atoms with Gasteiger partial charge < -0.3 is 15.2 Å². The monoisotopic (exact) mass is 379 g/mol. The molecule has 7 nitrogen and oxygen atoms in total. The minimum absolute atomic E-state index is 0.108. The van der Waals surface area contributed by atoms with E-state index in [-0.39, 0.29) is 18.0 Å². The highest BCUT2D eigenvalue weighted by atomic mass is 19.1. The van der Waals surface area contributed by atoms with Crippen LogP contribution in [-0.4, -0.2) is 64.2 Å². The molecule has 3 aliphatic rings. The normalized spacial score (nSPS) is 30.9. The molecule has 1 aromatic heterocycles. The quantitative estimate of drug-likeness (QED) is 0.780. The van der Waals surface area contributed by atoms with Gasteiger partial charge >= 0.3 is 0 Å². The molecule has 1 amide bonds. The van der Waals surface area contributed by atoms with E-state index in [0.29, 0.717) is 56.6 Å². The number of carbonyl (C=O) groups excluding carboxylic acids is 1. The molecule has 1 saturated carbocycles. The van der Waals surface area contributed by atoms with Gasteiger partial charge in [0.15, 0.2) is 5.82 Å². The topological polar surface area (TPSA) is 88.5 Å². The fourth-order valence-corrected chi connectivity index (χ4v) is 4.22. The molecule has 27 heavy (non-hydrogen) atoms. The summed E-state index contributed by atoms with van der Waals surface area (Å²) < 4.78 is 19.5. The first kappa shape index (κ1) is 18.8. The summed E-state index contributed by atoms with van der Waals surface area (Å²) >= 11 is 0. The molecule has 0 radical (unpaired) electrons. The Morgan fingerprint density at radius 2 is 2.15 bits per heavy atom. The van der Waals surface area contributed by atoms with E-state index in [2.05, 4.69) is 22.0 Å². The number of amides is 1. The van der Waals surface area contributed by atoms with Gasteiger partial charge in [-0.1, -0.05) is 12.1 Å². The summed E-state index contributed by atoms with van der Waals surface area (Å²) in [5.41, 5.74) is 6.30. The summed E-state index contributed by atoms with van der Waals surface area (Å²) in [6, 6.07) is -0.271. The molecule has 2 saturated heterocycles. The van der Waals surface area contributed by atoms with Gasteiger partial charge in [0.05, 0.1) is 6.04 Å². The molecule has 0 aromatic carbocycles. The Kier molecular flexibility index (Phi) is 5.45. The van der Waals surface area contributed by atoms with Crippen molar-refractivity contribution in [3.05, 3.63) is 11.7 Å². The first-order valence-corrected chi connectivity index (χ1v) is 10.2. The van der Waals surface area contributed by atoms with Crippen molar-refractivity contribution >= 4 is 5.91 Å². The number of carbonyl (C=O) groups is 1. The molecule has 1 aliphatic carbocycles. The second-order valence-electron chi connectivity index (χ2n) is 8.60. The van der Waals surface area contributed by atoms with Crippen molar-refractivity contribution in [3.8, 4) is 0 Å². The number of halogens is 1. The lowest BCUT2D eigenvalue weighted by Gasteiger charge is -2.33. The largest absolute Gasteiger partial charge is 0.341 e. The summed E-state index contributed by atoms with van der Waals surface area (Å²) in [5, 5.41) is 4.07. The van der Waals surface area contributed by atoms with Crippen molar-refractivity contribution in [1.82, 2.24) is 19.9 Å². The van der Waals surface area contributed by atoms with Crippen molar-refractivity contribution < 1.29 is 13.7 Å². The predicted octanol–water partition coefficient (Wildman–Crippen LogP) is 2.01. The van der Waals surface area contributed by atoms with Gasteiger partial charge in [-0.3, -0.25) is 9.69 Å². The van der Waals surface area contributed by atoms with Crippen LogP contribution in [0.15, 0.2) is 4.52 Å². The minimum atomic E-state index is -0.882. The molecule has 3 fully saturated rings. The van der Waals surface area contributed by atoms with Crippen LogP contribution in [0.5, 0.6) is 0 Å². The molecule has 8 heteroatoms. The molecular formula is C19H30FN5O2. The van der Waals surface area contributed by atoms with Gasteiger partial charge in [0.25, 0.3) is 0 Å². The van der Waals surface area contributed by atoms with Gasteiger partial charge in [-0.2, -0.15) is 4.98 Å². The van der Waals surface area contributed by atoms with Crippen molar-refractivity contribution in [2.45, 2.75) is 69.6 Å². The van der Waals surface area contributed by atoms with E-state index in [9.17, 15) is 9.18 Å². The maximum atomic E-state index is 14.1. The van der Waals surface area contributed by atoms with Gasteiger partial charge in [0.2, 0.25) is 11.8 Å². The van der Waals surface area contributed by atoms with Crippen LogP contribution in [0.2, 0.25) is 0 Å². The average Bonchev–Trinajstić information content (AvgIpc) is 3.24. The lowest BCUT2D eigenvalue weighted by Crippen LogP contribution is -2.46. The van der Waals surface area contributed by atoms with E-state index in [1.807, 2.05) is 4.90 Å². The van der Waals surface area contributed by atoms with Crippen LogP contribution in [0.4, 0.5) is 4.39 Å². The van der Waals surface area contributed by atoms with E-state index in [1.165, 1.54) is 0 Å². The Labute approximate surface area is 159 Å². The summed E-state index contributed by atoms with van der Waals surface area (Å²) in [4.78, 5) is 20.5. The second-order valence-corrected chi connectivity index (χ2v) is 8.60. The maximum absolute atomic E-state index is 14.1. The molecule has 0 bridgehead atoms. The third-order valence-electron chi connectivity index (χ3n) is 6.02. The van der Waals surface area contributed by atoms with Crippen LogP contribution in [0.3, 0.4) is 0 Å². The highest BCUT2D eigenvalue weighted by Crippen LogP contribution is 2.40. The van der Waals surface area contributed by atoms with E-state index in [4.69, 9.17) is 10.3 Å². The SMILES string of the molecule is C[C@@H]1CCC(=O)N(C[C@@H](N)CCN2C[C@@H](F)C[C@H]2c2nc(C3CC3)no2)C1. The van der Waals surface area contributed by atoms with Gasteiger partial charge in [0, 0.05) is 51.0 Å². The molecule has 4 atom stereocenters. The molecule has 2 aliphatic heterocycles. The van der Waals surface area contributed by atoms with Crippen LogP contribution >= 0.6 is 0 Å². The molecule has 4 rings (SSSR count). The molecule has 150 valence electrons. The summed E-state index contributed by atoms with van der Waals surface area (Å²) in [7, 11) is 0. The van der Waals surface area contributed by atoms with E-state index in [0.717, 1.165) is 31.6 Å². The Hall–Kier alpha value is -1.54. The van der Waals surface area contributed by atoms with Crippen molar-refractivity contribution in [2.75, 3.05) is 26.2 Å². The Balaban J connectivity index is 1.31. The van der Waals surface area contributed by atoms with Crippen LogP contribution < -0.4 is 5.73 Å². The van der Waals surface area contributed by atoms with Crippen molar-refractivity contribution in [3.63, 3.8) is 0 Å². The third-order valence-corrected chi connectivity index (χ3v) is 6.02. The molecular weight excluding hydrogens is 349 g/mol. The number of aromatic nitrogens is 2. The Morgan fingerprint density at radius 3 is 2.93 bits per heavy atom. The van der Waals surface area contributed by atoms with Gasteiger partial charge in [-0.25, -0.2) is 4.39 Å². The van der Waals surface area contributed by atoms with Gasteiger partial charge in [-0.15, -0.1) is 0 Å². The highest BCUT2D eigenvalue weighted by Gasteiger charge is 2.38. The first-order chi connectivity index (χ1) is 13.0. The Bertz CT molecular complexity index is 664. The fourth-order valence-electron chi connectivity index (χ4n) is 4.22. The predicted molar refractivity (Wildman–Crippen MR) is 97.7 cm³/mol. The zero-order valence-corrected chi connectivity index (χ0v) is 16.0. The number of piperidine rings is 1. The number of nitrogens with zero attached hydrogens (tertiary/aromatic N) is 4. The molecule has 3 heterocycles. The number of hydrogen-bond donors (Lipinski definition) is 1. The second kappa shape index (κ2) is 7.83. The summed E-state index contributed by atoms with van der Waals surface area (Å²) in [6.45, 7) is 4.58. The number of rotatable bonds is 7. The highest BCUT2D eigenvalue weighted by molar-refractivity contribution is 5.76. The smallest absolute Gasteiger partial charge is 0.244 e. The molecule has 2 N–H and O–H groups in total. The van der Waals surface area contributed by atoms with Gasteiger partial charge in [-0.05, 0) is 31.6 Å². The average molecular weight is 379 g/mol. The Morgan fingerprint density at radius 1 is 1.33 bits per heavy atom. The molecule has 0 unspecified atom stereocenters. The number of hydrogen-bond acceptors (Lipinski definition) is 6. The fraction of sp³-hybridized carbons (Fsp3) is 0.842. The van der Waals surface area contributed by atoms with Crippen LogP contribution in [-0.2, 0) is 4.79 Å². The lowest BCUT2D eigenvalue weighted by atomic mass is 9.99. The lowest BCUT2D eigenvalue weighted by molar-refractivity contribution is -0.134. The number of nitrogens with two attached hydrogens (primary N) is 1. The standard InChI is InChI=1S/C19H30FN5O2/c1-12-2-5-17(26)25(9-12)11-15(21)6-7-24-10-14(20)8-16(24)19-22-18(23-27-19)13-3-4-13/h12-16H,2-11,21H2,1H3/t12-,14+,15+,16+/m1/s1. The molecule has 0 spiro atoms. The number of alkyl halides is 1. The van der Waals surface area contributed by atoms with Crippen molar-refractivity contribution in [2.24, 2.45) is 11.7 Å². The maximum Gasteiger partial charge on any atom is 0.244 e. The first-order valence-electron chi connectivity index (χ1n) is 10.2. The van der Waals surface area contributed by atoms with E-state index in [1.54, 1.807) is 0 Å². The number of likely N-dealkylation sites (tertiary alicyclic amines) is 2. The third kappa shape index (κ3) is 4.48. The van der Waals surface area contributed by atoms with Crippen LogP contribution in [0.25, 0.3) is 0 Å². The summed E-state index contributed by atoms with van der Waals surface area (Å²) in [5.74, 6) is 2.46. The van der Waals surface area contributed by atoms with E-state index >= 15 is 0 Å². The summed E-state index contributed by atoms with van der Waals surface area (Å²) in [6.07, 6.45) is 4.03. The van der Waals surface area contributed by atoms with Crippen molar-refractivity contribution in [1.29, 1.82) is 0 Å².